The van der Waals surface area contributed by atoms with Crippen molar-refractivity contribution in [1.82, 2.24) is 0 Å². The van der Waals surface area contributed by atoms with Crippen LogP contribution in [0, 0.1) is 5.92 Å². The number of hydrogen-bond donors (Lipinski definition) is 1. The van der Waals surface area contributed by atoms with E-state index in [9.17, 15) is 0 Å². The summed E-state index contributed by atoms with van der Waals surface area (Å²) in [4.78, 5) is 0. The molecule has 0 aromatic carbocycles. The zero-order chi connectivity index (χ0) is 16.1. The molecule has 0 aliphatic rings. The monoisotopic (exact) mass is 274 g/mol. The van der Waals surface area contributed by atoms with Crippen LogP contribution in [0.2, 0.25) is 0 Å². The van der Waals surface area contributed by atoms with Crippen molar-refractivity contribution in [2.24, 2.45) is 5.92 Å². The summed E-state index contributed by atoms with van der Waals surface area (Å²) in [5.41, 5.74) is 0. The number of allylic oxidation sites excluding steroid dienone is 2. The Balaban J connectivity index is -0.0000000835. The predicted molar refractivity (Wildman–Crippen MR) is 92.8 cm³/mol. The second kappa shape index (κ2) is 30.6. The molecule has 0 saturated heterocycles. The first kappa shape index (κ1) is 27.1. The van der Waals surface area contributed by atoms with Crippen LogP contribution in [0.3, 0.4) is 0 Å². The van der Waals surface area contributed by atoms with E-state index in [0.717, 1.165) is 25.2 Å². The largest absolute Gasteiger partial charge is 0.393 e. The molecule has 0 saturated carbocycles. The highest BCUT2D eigenvalue weighted by atomic mass is 16.3. The Morgan fingerprint density at radius 3 is 1.32 bits per heavy atom. The average Bonchev–Trinajstić information content (AvgIpc) is 2.34. The lowest BCUT2D eigenvalue weighted by atomic mass is 10.1. The predicted octanol–water partition coefficient (Wildman–Crippen LogP) is 6.61. The molecule has 0 aromatic heterocycles. The van der Waals surface area contributed by atoms with Gasteiger partial charge in [0.1, 0.15) is 0 Å². The van der Waals surface area contributed by atoms with Crippen molar-refractivity contribution in [2.75, 3.05) is 0 Å². The summed E-state index contributed by atoms with van der Waals surface area (Å²) in [6, 6.07) is 0. The average molecular weight is 275 g/mol. The van der Waals surface area contributed by atoms with Gasteiger partial charge in [0.25, 0.3) is 0 Å². The molecule has 1 N–H and O–H groups in total. The van der Waals surface area contributed by atoms with Crippen LogP contribution >= 0.6 is 0 Å². The second-order valence-electron chi connectivity index (χ2n) is 4.80. The van der Waals surface area contributed by atoms with Crippen LogP contribution < -0.4 is 0 Å². The maximum atomic E-state index is 8.55. The Bertz CT molecular complexity index is 116. The highest BCUT2D eigenvalue weighted by Crippen LogP contribution is 2.00. The second-order valence-corrected chi connectivity index (χ2v) is 4.80. The summed E-state index contributed by atoms with van der Waals surface area (Å²) in [5, 5.41) is 8.55. The summed E-state index contributed by atoms with van der Waals surface area (Å²) in [6.07, 6.45) is 9.96. The third kappa shape index (κ3) is 73.6. The van der Waals surface area contributed by atoms with Crippen LogP contribution in [-0.4, -0.2) is 11.2 Å². The van der Waals surface area contributed by atoms with E-state index in [-0.39, 0.29) is 6.10 Å². The Labute approximate surface area is 124 Å². The zero-order valence-electron chi connectivity index (χ0n) is 15.3. The van der Waals surface area contributed by atoms with Gasteiger partial charge in [-0.25, -0.2) is 0 Å². The number of hydrogen-bond acceptors (Lipinski definition) is 1. The summed E-state index contributed by atoms with van der Waals surface area (Å²) in [7, 11) is 0. The van der Waals surface area contributed by atoms with Gasteiger partial charge < -0.3 is 5.11 Å². The maximum absolute atomic E-state index is 8.55. The molecule has 1 unspecified atom stereocenters. The molecule has 1 heteroatoms. The van der Waals surface area contributed by atoms with Crippen LogP contribution in [0.25, 0.3) is 0 Å². The van der Waals surface area contributed by atoms with Gasteiger partial charge in [-0.05, 0) is 32.6 Å². The quantitative estimate of drug-likeness (QED) is 0.559. The van der Waals surface area contributed by atoms with Crippen molar-refractivity contribution < 1.29 is 5.11 Å². The highest BCUT2D eigenvalue weighted by Gasteiger charge is 1.87. The van der Waals surface area contributed by atoms with E-state index in [1.165, 1.54) is 12.8 Å². The molecule has 1 atom stereocenters. The van der Waals surface area contributed by atoms with Gasteiger partial charge in [0, 0.05) is 0 Å². The Hall–Kier alpha value is -0.300. The molecule has 19 heavy (non-hydrogen) atoms. The summed E-state index contributed by atoms with van der Waals surface area (Å²) >= 11 is 0. The molecule has 1 nitrogen and oxygen atoms in total. The van der Waals surface area contributed by atoms with Gasteiger partial charge in [0.2, 0.25) is 0 Å². The highest BCUT2D eigenvalue weighted by molar-refractivity contribution is 4.73. The van der Waals surface area contributed by atoms with Gasteiger partial charge in [-0.2, -0.15) is 0 Å². The Kier molecular flexibility index (Phi) is 43.7. The number of aliphatic hydroxyl groups is 1. The minimum Gasteiger partial charge on any atom is -0.393 e. The molecule has 0 spiro atoms. The standard InChI is InChI=1S/C6H14.C5H12O.C5H10.C2H6/c1-4-5-6(2)3;1-3-4-5(2)6;1-3-5-4-2;1-2/h6H,4-5H2,1-3H3;5-6H,3-4H2,1-2H3;3,5H,4H2,1-2H3;1-2H3. The fourth-order valence-electron chi connectivity index (χ4n) is 1.23. The van der Waals surface area contributed by atoms with Crippen LogP contribution in [0.4, 0.5) is 0 Å². The minimum atomic E-state index is -0.102. The van der Waals surface area contributed by atoms with Crippen molar-refractivity contribution >= 4 is 0 Å². The van der Waals surface area contributed by atoms with Gasteiger partial charge in [0.05, 0.1) is 6.10 Å². The number of rotatable bonds is 5. The molecule has 0 radical (unpaired) electrons. The SMILES string of the molecule is CC.CC=CCC.CCCC(C)C.CCCC(C)O. The molecular weight excluding hydrogens is 232 g/mol. The summed E-state index contributed by atoms with van der Waals surface area (Å²) in [6.45, 7) is 18.8. The Morgan fingerprint density at radius 2 is 1.32 bits per heavy atom. The third-order valence-electron chi connectivity index (χ3n) is 2.04. The first-order valence-electron chi connectivity index (χ1n) is 8.25. The molecule has 0 amide bonds. The topological polar surface area (TPSA) is 20.2 Å². The lowest BCUT2D eigenvalue weighted by Crippen LogP contribution is -1.95. The zero-order valence-corrected chi connectivity index (χ0v) is 15.3. The lowest BCUT2D eigenvalue weighted by molar-refractivity contribution is 0.183. The fourth-order valence-corrected chi connectivity index (χ4v) is 1.23. The summed E-state index contributed by atoms with van der Waals surface area (Å²) in [5.74, 6) is 0.898. The molecule has 0 aliphatic carbocycles. The van der Waals surface area contributed by atoms with Crippen LogP contribution in [0.1, 0.15) is 94.4 Å². The van der Waals surface area contributed by atoms with E-state index < -0.39 is 0 Å². The molecule has 0 aromatic rings. The lowest BCUT2D eigenvalue weighted by Gasteiger charge is -1.95. The maximum Gasteiger partial charge on any atom is 0.0512 e. The fraction of sp³-hybridized carbons (Fsp3) is 0.889. The van der Waals surface area contributed by atoms with Crippen LogP contribution in [-0.2, 0) is 0 Å². The van der Waals surface area contributed by atoms with E-state index >= 15 is 0 Å². The molecular formula is C18H42O. The van der Waals surface area contributed by atoms with Crippen molar-refractivity contribution in [3.8, 4) is 0 Å². The van der Waals surface area contributed by atoms with Crippen LogP contribution in [0.5, 0.6) is 0 Å². The van der Waals surface area contributed by atoms with Gasteiger partial charge in [0.15, 0.2) is 0 Å². The first-order valence-corrected chi connectivity index (χ1v) is 8.25. The van der Waals surface area contributed by atoms with E-state index in [1.807, 2.05) is 27.7 Å². The smallest absolute Gasteiger partial charge is 0.0512 e. The van der Waals surface area contributed by atoms with E-state index in [0.29, 0.717) is 0 Å². The van der Waals surface area contributed by atoms with Gasteiger partial charge in [-0.15, -0.1) is 0 Å². The molecule has 120 valence electrons. The van der Waals surface area contributed by atoms with Gasteiger partial charge in [-0.1, -0.05) is 79.9 Å². The van der Waals surface area contributed by atoms with E-state index in [2.05, 4.69) is 46.8 Å². The first-order chi connectivity index (χ1) is 8.95. The molecule has 0 aliphatic heterocycles. The molecule has 0 heterocycles. The van der Waals surface area contributed by atoms with E-state index in [1.54, 1.807) is 0 Å². The van der Waals surface area contributed by atoms with E-state index in [4.69, 9.17) is 5.11 Å². The summed E-state index contributed by atoms with van der Waals surface area (Å²) < 4.78 is 0. The molecule has 0 fully saturated rings. The van der Waals surface area contributed by atoms with Gasteiger partial charge >= 0.3 is 0 Å². The normalized spacial score (nSPS) is 10.7. The number of aliphatic hydroxyl groups excluding tert-OH is 1. The van der Waals surface area contributed by atoms with Crippen molar-refractivity contribution in [3.63, 3.8) is 0 Å². The van der Waals surface area contributed by atoms with Crippen LogP contribution in [0.15, 0.2) is 12.2 Å². The third-order valence-corrected chi connectivity index (χ3v) is 2.04. The Morgan fingerprint density at radius 1 is 0.895 bits per heavy atom. The minimum absolute atomic E-state index is 0.102. The molecule has 0 bridgehead atoms. The van der Waals surface area contributed by atoms with Gasteiger partial charge in [-0.3, -0.25) is 0 Å². The molecule has 0 rings (SSSR count). The van der Waals surface area contributed by atoms with Crippen molar-refractivity contribution in [3.05, 3.63) is 12.2 Å². The van der Waals surface area contributed by atoms with Crippen molar-refractivity contribution in [1.29, 1.82) is 0 Å². The van der Waals surface area contributed by atoms with Crippen molar-refractivity contribution in [2.45, 2.75) is 101 Å².